The molecule has 0 aliphatic rings. The maximum absolute atomic E-state index is 2.25. The molecule has 3 rings (SSSR count). The van der Waals surface area contributed by atoms with Gasteiger partial charge >= 0.3 is 0 Å². The van der Waals surface area contributed by atoms with Crippen molar-refractivity contribution in [1.82, 2.24) is 0 Å². The van der Waals surface area contributed by atoms with Crippen molar-refractivity contribution in [3.8, 4) is 0 Å². The Balaban J connectivity index is 2.05. The van der Waals surface area contributed by atoms with Crippen molar-refractivity contribution >= 4 is 22.5 Å². The Hall–Kier alpha value is -1.73. The monoisotopic (exact) mass is 264 g/mol. The summed E-state index contributed by atoms with van der Waals surface area (Å²) in [4.78, 5) is 2.64. The Labute approximate surface area is 118 Å². The normalized spacial score (nSPS) is 10.8. The van der Waals surface area contributed by atoms with Crippen LogP contribution < -0.4 is 0 Å². The van der Waals surface area contributed by atoms with Crippen molar-refractivity contribution in [1.29, 1.82) is 0 Å². The summed E-state index contributed by atoms with van der Waals surface area (Å²) in [6, 6.07) is 21.8. The first-order valence-corrected chi connectivity index (χ1v) is 7.28. The lowest BCUT2D eigenvalue weighted by Crippen LogP contribution is -1.81. The van der Waals surface area contributed by atoms with Crippen LogP contribution in [-0.4, -0.2) is 0 Å². The van der Waals surface area contributed by atoms with Gasteiger partial charge in [-0.15, -0.1) is 0 Å². The number of hydrogen-bond acceptors (Lipinski definition) is 1. The maximum Gasteiger partial charge on any atom is 0.0200 e. The number of hydrogen-bond donors (Lipinski definition) is 0. The Morgan fingerprint density at radius 2 is 1.42 bits per heavy atom. The van der Waals surface area contributed by atoms with E-state index in [1.807, 2.05) is 11.8 Å². The highest BCUT2D eigenvalue weighted by Gasteiger charge is 2.03. The van der Waals surface area contributed by atoms with Crippen LogP contribution in [0.3, 0.4) is 0 Å². The summed E-state index contributed by atoms with van der Waals surface area (Å²) in [5, 5.41) is 2.63. The van der Waals surface area contributed by atoms with Crippen molar-refractivity contribution in [3.63, 3.8) is 0 Å². The molecular formula is C18H16S. The van der Waals surface area contributed by atoms with Gasteiger partial charge in [-0.2, -0.15) is 0 Å². The molecule has 0 saturated heterocycles. The molecule has 0 heterocycles. The fourth-order valence-corrected chi connectivity index (χ4v) is 3.59. The molecule has 0 radical (unpaired) electrons. The van der Waals surface area contributed by atoms with Gasteiger partial charge in [0, 0.05) is 9.79 Å². The molecule has 0 spiro atoms. The van der Waals surface area contributed by atoms with Crippen LogP contribution in [0.2, 0.25) is 0 Å². The summed E-state index contributed by atoms with van der Waals surface area (Å²) in [7, 11) is 0. The Bertz CT molecular complexity index is 703. The lowest BCUT2D eigenvalue weighted by atomic mass is 10.1. The summed E-state index contributed by atoms with van der Waals surface area (Å²) >= 11 is 1.85. The number of fused-ring (bicyclic) bond motifs is 1. The van der Waals surface area contributed by atoms with Gasteiger partial charge in [0.25, 0.3) is 0 Å². The molecule has 0 nitrogen and oxygen atoms in total. The van der Waals surface area contributed by atoms with E-state index in [1.54, 1.807) is 0 Å². The minimum atomic E-state index is 1.30. The van der Waals surface area contributed by atoms with Crippen LogP contribution in [0.15, 0.2) is 70.5 Å². The van der Waals surface area contributed by atoms with Gasteiger partial charge in [0.15, 0.2) is 0 Å². The minimum absolute atomic E-state index is 1.30. The van der Waals surface area contributed by atoms with Gasteiger partial charge in [0.05, 0.1) is 0 Å². The molecule has 3 aromatic carbocycles. The van der Waals surface area contributed by atoms with Gasteiger partial charge in [-0.05, 0) is 53.9 Å². The first-order valence-electron chi connectivity index (χ1n) is 6.46. The second-order valence-corrected chi connectivity index (χ2v) is 6.02. The fraction of sp³-hybridized carbons (Fsp3) is 0.111. The van der Waals surface area contributed by atoms with Gasteiger partial charge in [-0.1, -0.05) is 54.2 Å². The van der Waals surface area contributed by atoms with Crippen LogP contribution in [0, 0.1) is 13.8 Å². The molecular weight excluding hydrogens is 248 g/mol. The summed E-state index contributed by atoms with van der Waals surface area (Å²) in [6.45, 7) is 4.31. The lowest BCUT2D eigenvalue weighted by molar-refractivity contribution is 1.29. The van der Waals surface area contributed by atoms with Crippen LogP contribution in [0.1, 0.15) is 11.1 Å². The first-order chi connectivity index (χ1) is 9.22. The quantitative estimate of drug-likeness (QED) is 0.580. The average Bonchev–Trinajstić information content (AvgIpc) is 2.38. The lowest BCUT2D eigenvalue weighted by Gasteiger charge is -2.08. The largest absolute Gasteiger partial charge is 0.0894 e. The molecule has 0 atom stereocenters. The highest BCUT2D eigenvalue weighted by atomic mass is 32.2. The Morgan fingerprint density at radius 3 is 2.21 bits per heavy atom. The smallest absolute Gasteiger partial charge is 0.0200 e. The van der Waals surface area contributed by atoms with Crippen LogP contribution in [0.4, 0.5) is 0 Å². The number of benzene rings is 3. The maximum atomic E-state index is 2.25. The standard InChI is InChI=1S/C18H16S/c1-13-10-14(2)12-16(11-13)19-18-9-5-7-15-6-3-4-8-17(15)18/h3-12H,1-2H3. The molecule has 0 amide bonds. The van der Waals surface area contributed by atoms with Crippen molar-refractivity contribution in [2.45, 2.75) is 23.6 Å². The van der Waals surface area contributed by atoms with Gasteiger partial charge < -0.3 is 0 Å². The minimum Gasteiger partial charge on any atom is -0.0894 e. The van der Waals surface area contributed by atoms with Crippen molar-refractivity contribution < 1.29 is 0 Å². The highest BCUT2D eigenvalue weighted by Crippen LogP contribution is 2.34. The van der Waals surface area contributed by atoms with E-state index in [0.717, 1.165) is 0 Å². The van der Waals surface area contributed by atoms with E-state index in [9.17, 15) is 0 Å². The second-order valence-electron chi connectivity index (χ2n) is 4.90. The molecule has 1 heteroatoms. The molecule has 0 aromatic heterocycles. The van der Waals surface area contributed by atoms with Crippen LogP contribution >= 0.6 is 11.8 Å². The summed E-state index contributed by atoms with van der Waals surface area (Å²) < 4.78 is 0. The van der Waals surface area contributed by atoms with Gasteiger partial charge in [0.1, 0.15) is 0 Å². The SMILES string of the molecule is Cc1cc(C)cc(Sc2cccc3ccccc23)c1. The van der Waals surface area contributed by atoms with E-state index in [4.69, 9.17) is 0 Å². The van der Waals surface area contributed by atoms with E-state index in [1.165, 1.54) is 31.7 Å². The average molecular weight is 264 g/mol. The zero-order valence-electron chi connectivity index (χ0n) is 11.2. The highest BCUT2D eigenvalue weighted by molar-refractivity contribution is 7.99. The number of aryl methyl sites for hydroxylation is 2. The van der Waals surface area contributed by atoms with Crippen molar-refractivity contribution in [2.24, 2.45) is 0 Å². The van der Waals surface area contributed by atoms with Gasteiger partial charge in [-0.25, -0.2) is 0 Å². The fourth-order valence-electron chi connectivity index (χ4n) is 2.40. The molecule has 3 aromatic rings. The zero-order chi connectivity index (χ0) is 13.2. The van der Waals surface area contributed by atoms with E-state index in [-0.39, 0.29) is 0 Å². The molecule has 0 N–H and O–H groups in total. The topological polar surface area (TPSA) is 0 Å². The second kappa shape index (κ2) is 5.10. The molecule has 0 bridgehead atoms. The van der Waals surface area contributed by atoms with E-state index in [0.29, 0.717) is 0 Å². The van der Waals surface area contributed by atoms with E-state index < -0.39 is 0 Å². The Morgan fingerprint density at radius 1 is 0.737 bits per heavy atom. The third-order valence-electron chi connectivity index (χ3n) is 3.17. The predicted molar refractivity (Wildman–Crippen MR) is 84.0 cm³/mol. The third kappa shape index (κ3) is 2.66. The van der Waals surface area contributed by atoms with Crippen molar-refractivity contribution in [3.05, 3.63) is 71.8 Å². The summed E-state index contributed by atoms with van der Waals surface area (Å²) in [5.74, 6) is 0. The Kier molecular flexibility index (Phi) is 3.31. The summed E-state index contributed by atoms with van der Waals surface area (Å²) in [6.07, 6.45) is 0. The first kappa shape index (κ1) is 12.3. The third-order valence-corrected chi connectivity index (χ3v) is 4.22. The van der Waals surface area contributed by atoms with Gasteiger partial charge in [0.2, 0.25) is 0 Å². The molecule has 0 saturated carbocycles. The van der Waals surface area contributed by atoms with Crippen LogP contribution in [-0.2, 0) is 0 Å². The van der Waals surface area contributed by atoms with E-state index >= 15 is 0 Å². The summed E-state index contributed by atoms with van der Waals surface area (Å²) in [5.41, 5.74) is 2.64. The zero-order valence-corrected chi connectivity index (χ0v) is 12.0. The number of rotatable bonds is 2. The predicted octanol–water partition coefficient (Wildman–Crippen LogP) is 5.61. The van der Waals surface area contributed by atoms with Crippen LogP contribution in [0.25, 0.3) is 10.8 Å². The molecule has 0 aliphatic carbocycles. The molecule has 0 fully saturated rings. The van der Waals surface area contributed by atoms with Gasteiger partial charge in [-0.3, -0.25) is 0 Å². The van der Waals surface area contributed by atoms with Crippen LogP contribution in [0.5, 0.6) is 0 Å². The van der Waals surface area contributed by atoms with Crippen molar-refractivity contribution in [2.75, 3.05) is 0 Å². The molecule has 19 heavy (non-hydrogen) atoms. The molecule has 0 unspecified atom stereocenters. The molecule has 0 aliphatic heterocycles. The van der Waals surface area contributed by atoms with E-state index in [2.05, 4.69) is 74.5 Å². The molecule has 94 valence electrons.